The third-order valence-electron chi connectivity index (χ3n) is 17.2. The van der Waals surface area contributed by atoms with Crippen molar-refractivity contribution in [2.75, 3.05) is 39.6 Å². The maximum atomic E-state index is 13.1. The average Bonchev–Trinajstić information content (AvgIpc) is 1.75. The molecule has 0 amide bonds. The molecule has 5 atom stereocenters. The van der Waals surface area contributed by atoms with Gasteiger partial charge in [-0.05, 0) is 51.4 Å². The molecule has 560 valence electrons. The standard InChI is InChI=1S/C76H144O17P2/c1-5-9-13-17-21-25-28-30-32-33-34-35-36-38-40-43-47-51-55-59-63-76(81)93-72(67-87-74(79)61-57-53-49-45-42-39-37-31-29-26-22-18-14-10-6-2)69-91-95(84,85)89-65-70(77)64-88-94(82,83)90-68-71(66-86-73(78)60-56-52-48-44-24-20-16-12-8-4)92-75(80)62-58-54-50-46-41-27-23-19-15-11-7-3/h26,29,31,37,70-72,77H,5-25,27-28,30,32-36,38-69H2,1-4H3,(H,82,83)(H,84,85)/b29-26-,37-31-/t70-,71+,72+/m0/s1. The molecule has 17 nitrogen and oxygen atoms in total. The second-order valence-corrected chi connectivity index (χ2v) is 29.6. The average molecular weight is 1390 g/mol. The normalized spacial score (nSPS) is 14.1. The van der Waals surface area contributed by atoms with Crippen LogP contribution in [0.15, 0.2) is 24.3 Å². The molecule has 0 bridgehead atoms. The van der Waals surface area contributed by atoms with E-state index in [0.29, 0.717) is 25.7 Å². The fourth-order valence-electron chi connectivity index (χ4n) is 11.2. The van der Waals surface area contributed by atoms with Gasteiger partial charge in [-0.15, -0.1) is 0 Å². The minimum atomic E-state index is -4.96. The zero-order valence-corrected chi connectivity index (χ0v) is 62.9. The zero-order valence-electron chi connectivity index (χ0n) is 61.1. The molecule has 19 heteroatoms. The Kier molecular flexibility index (Phi) is 68.2. The molecule has 0 aromatic rings. The van der Waals surface area contributed by atoms with Crippen LogP contribution >= 0.6 is 15.6 Å². The minimum absolute atomic E-state index is 0.102. The Morgan fingerprint density at radius 2 is 0.505 bits per heavy atom. The van der Waals surface area contributed by atoms with Gasteiger partial charge in [-0.3, -0.25) is 37.3 Å². The molecule has 0 aromatic carbocycles. The number of carbonyl (C=O) groups is 4. The van der Waals surface area contributed by atoms with Gasteiger partial charge in [-0.1, -0.05) is 328 Å². The van der Waals surface area contributed by atoms with E-state index < -0.39 is 97.5 Å². The summed E-state index contributed by atoms with van der Waals surface area (Å²) < 4.78 is 68.4. The highest BCUT2D eigenvalue weighted by molar-refractivity contribution is 7.47. The Morgan fingerprint density at radius 1 is 0.295 bits per heavy atom. The Balaban J connectivity index is 5.23. The van der Waals surface area contributed by atoms with Crippen molar-refractivity contribution < 1.29 is 80.2 Å². The number of allylic oxidation sites excluding steroid dienone is 4. The predicted molar refractivity (Wildman–Crippen MR) is 386 cm³/mol. The molecular weight excluding hydrogens is 1250 g/mol. The number of ether oxygens (including phenoxy) is 4. The van der Waals surface area contributed by atoms with Crippen LogP contribution in [0.3, 0.4) is 0 Å². The van der Waals surface area contributed by atoms with E-state index in [9.17, 15) is 43.2 Å². The number of hydrogen-bond acceptors (Lipinski definition) is 15. The molecular formula is C76H144O17P2. The molecule has 0 aliphatic carbocycles. The molecule has 0 saturated carbocycles. The summed E-state index contributed by atoms with van der Waals surface area (Å²) in [5.41, 5.74) is 0. The lowest BCUT2D eigenvalue weighted by Crippen LogP contribution is -2.30. The van der Waals surface area contributed by atoms with E-state index in [1.807, 2.05) is 0 Å². The molecule has 0 saturated heterocycles. The molecule has 0 aliphatic rings. The molecule has 2 unspecified atom stereocenters. The predicted octanol–water partition coefficient (Wildman–Crippen LogP) is 22.2. The Hall–Kier alpha value is -2.46. The zero-order chi connectivity index (χ0) is 69.7. The number of phosphoric ester groups is 2. The second kappa shape index (κ2) is 70.0. The topological polar surface area (TPSA) is 237 Å². The maximum Gasteiger partial charge on any atom is 0.472 e. The molecule has 3 N–H and O–H groups in total. The van der Waals surface area contributed by atoms with Gasteiger partial charge >= 0.3 is 39.5 Å². The smallest absolute Gasteiger partial charge is 0.462 e. The first-order chi connectivity index (χ1) is 46.2. The van der Waals surface area contributed by atoms with Crippen molar-refractivity contribution in [3.63, 3.8) is 0 Å². The number of aliphatic hydroxyl groups excluding tert-OH is 1. The number of phosphoric acid groups is 2. The summed E-state index contributed by atoms with van der Waals surface area (Å²) in [6.45, 7) is 4.90. The molecule has 95 heavy (non-hydrogen) atoms. The van der Waals surface area contributed by atoms with Gasteiger partial charge in [0.2, 0.25) is 0 Å². The molecule has 0 radical (unpaired) electrons. The van der Waals surface area contributed by atoms with Crippen molar-refractivity contribution in [2.24, 2.45) is 0 Å². The van der Waals surface area contributed by atoms with Gasteiger partial charge < -0.3 is 33.8 Å². The number of unbranched alkanes of at least 4 members (excludes halogenated alkanes) is 46. The summed E-state index contributed by atoms with van der Waals surface area (Å²) in [6.07, 6.45) is 63.3. The van der Waals surface area contributed by atoms with Gasteiger partial charge in [-0.25, -0.2) is 9.13 Å². The van der Waals surface area contributed by atoms with E-state index in [1.165, 1.54) is 193 Å². The number of aliphatic hydroxyl groups is 1. The minimum Gasteiger partial charge on any atom is -0.462 e. The maximum absolute atomic E-state index is 13.1. The van der Waals surface area contributed by atoms with Crippen LogP contribution < -0.4 is 0 Å². The number of carbonyl (C=O) groups excluding carboxylic acids is 4. The van der Waals surface area contributed by atoms with Crippen molar-refractivity contribution in [1.82, 2.24) is 0 Å². The summed E-state index contributed by atoms with van der Waals surface area (Å²) in [5, 5.41) is 10.6. The first kappa shape index (κ1) is 92.5. The van der Waals surface area contributed by atoms with Crippen molar-refractivity contribution in [3.05, 3.63) is 24.3 Å². The summed E-state index contributed by atoms with van der Waals surface area (Å²) in [6, 6.07) is 0. The van der Waals surface area contributed by atoms with Crippen molar-refractivity contribution in [2.45, 2.75) is 399 Å². The Bertz CT molecular complexity index is 1900. The van der Waals surface area contributed by atoms with Gasteiger partial charge in [0.25, 0.3) is 0 Å². The van der Waals surface area contributed by atoms with E-state index in [4.69, 9.17) is 37.0 Å². The summed E-state index contributed by atoms with van der Waals surface area (Å²) in [5.74, 6) is -2.14. The molecule has 0 aromatic heterocycles. The summed E-state index contributed by atoms with van der Waals surface area (Å²) >= 11 is 0. The van der Waals surface area contributed by atoms with Crippen LogP contribution in [0.2, 0.25) is 0 Å². The molecule has 0 spiro atoms. The van der Waals surface area contributed by atoms with Crippen molar-refractivity contribution in [1.29, 1.82) is 0 Å². The van der Waals surface area contributed by atoms with Crippen molar-refractivity contribution in [3.8, 4) is 0 Å². The monoisotopic (exact) mass is 1390 g/mol. The van der Waals surface area contributed by atoms with Crippen LogP contribution in [-0.4, -0.2) is 96.7 Å². The highest BCUT2D eigenvalue weighted by Gasteiger charge is 2.30. The van der Waals surface area contributed by atoms with E-state index in [1.54, 1.807) is 0 Å². The van der Waals surface area contributed by atoms with Gasteiger partial charge in [0.1, 0.15) is 19.3 Å². The Morgan fingerprint density at radius 3 is 0.768 bits per heavy atom. The third-order valence-corrected chi connectivity index (χ3v) is 19.1. The van der Waals surface area contributed by atoms with E-state index in [0.717, 1.165) is 109 Å². The third kappa shape index (κ3) is 69.8. The summed E-state index contributed by atoms with van der Waals surface area (Å²) in [4.78, 5) is 72.7. The molecule has 0 aliphatic heterocycles. The van der Waals surface area contributed by atoms with Crippen LogP contribution in [0.5, 0.6) is 0 Å². The van der Waals surface area contributed by atoms with Gasteiger partial charge in [0.15, 0.2) is 12.2 Å². The largest absolute Gasteiger partial charge is 0.472 e. The summed E-state index contributed by atoms with van der Waals surface area (Å²) in [7, 11) is -9.92. The fraction of sp³-hybridized carbons (Fsp3) is 0.895. The van der Waals surface area contributed by atoms with E-state index in [-0.39, 0.29) is 25.7 Å². The van der Waals surface area contributed by atoms with Crippen LogP contribution in [-0.2, 0) is 65.4 Å². The molecule has 0 rings (SSSR count). The second-order valence-electron chi connectivity index (χ2n) is 26.7. The lowest BCUT2D eigenvalue weighted by molar-refractivity contribution is -0.161. The highest BCUT2D eigenvalue weighted by atomic mass is 31.2. The highest BCUT2D eigenvalue weighted by Crippen LogP contribution is 2.45. The lowest BCUT2D eigenvalue weighted by atomic mass is 10.0. The van der Waals surface area contributed by atoms with Crippen LogP contribution in [0, 0.1) is 0 Å². The first-order valence-corrected chi connectivity index (χ1v) is 42.1. The number of hydrogen-bond donors (Lipinski definition) is 3. The molecule has 0 heterocycles. The lowest BCUT2D eigenvalue weighted by Gasteiger charge is -2.21. The van der Waals surface area contributed by atoms with Crippen LogP contribution in [0.4, 0.5) is 0 Å². The fourth-order valence-corrected chi connectivity index (χ4v) is 12.8. The SMILES string of the molecule is CCCCCC/C=C\C=C/CCCCCCCC(=O)OC[C@H](COP(=O)(O)OC[C@@H](O)COP(=O)(O)OC[C@@H](COC(=O)CCCCCCCCCCC)OC(=O)CCCCCCCCCCCCC)OC(=O)CCCCCCCCCCCCCCCCCCCCCC. The first-order valence-electron chi connectivity index (χ1n) is 39.1. The van der Waals surface area contributed by atoms with Crippen LogP contribution in [0.25, 0.3) is 0 Å². The van der Waals surface area contributed by atoms with Gasteiger partial charge in [0.05, 0.1) is 26.4 Å². The van der Waals surface area contributed by atoms with Crippen LogP contribution in [0.1, 0.15) is 381 Å². The van der Waals surface area contributed by atoms with E-state index >= 15 is 0 Å². The number of esters is 4. The quantitative estimate of drug-likeness (QED) is 0.0169. The van der Waals surface area contributed by atoms with Gasteiger partial charge in [0, 0.05) is 25.7 Å². The molecule has 0 fully saturated rings. The number of rotatable bonds is 75. The van der Waals surface area contributed by atoms with Gasteiger partial charge in [-0.2, -0.15) is 0 Å². The Labute approximate surface area is 580 Å². The van der Waals surface area contributed by atoms with Crippen molar-refractivity contribution >= 4 is 39.5 Å². The van der Waals surface area contributed by atoms with E-state index in [2.05, 4.69) is 52.0 Å².